The number of rotatable bonds is 5. The number of carbonyl (C=O) groups is 1. The van der Waals surface area contributed by atoms with Crippen molar-refractivity contribution < 1.29 is 9.53 Å². The summed E-state index contributed by atoms with van der Waals surface area (Å²) in [5.74, 6) is 6.02. The molecule has 0 heterocycles. The minimum atomic E-state index is -0.287. The van der Waals surface area contributed by atoms with E-state index in [1.165, 1.54) is 5.56 Å². The van der Waals surface area contributed by atoms with Gasteiger partial charge in [-0.25, -0.2) is 4.79 Å². The van der Waals surface area contributed by atoms with Crippen LogP contribution in [0.3, 0.4) is 0 Å². The number of esters is 1. The number of benzene rings is 2. The van der Waals surface area contributed by atoms with Crippen LogP contribution in [0.15, 0.2) is 54.6 Å². The van der Waals surface area contributed by atoms with Gasteiger partial charge in [-0.3, -0.25) is 0 Å². The summed E-state index contributed by atoms with van der Waals surface area (Å²) in [4.78, 5) is 11.5. The van der Waals surface area contributed by atoms with Gasteiger partial charge in [-0.05, 0) is 49.6 Å². The van der Waals surface area contributed by atoms with Crippen LogP contribution in [-0.4, -0.2) is 12.6 Å². The van der Waals surface area contributed by atoms with Crippen molar-refractivity contribution in [3.05, 3.63) is 71.3 Å². The molecule has 2 aromatic rings. The van der Waals surface area contributed by atoms with E-state index in [9.17, 15) is 4.79 Å². The quantitative estimate of drug-likeness (QED) is 0.468. The number of carbonyl (C=O) groups excluding carboxylic acids is 1. The predicted molar refractivity (Wildman–Crippen MR) is 88.7 cm³/mol. The van der Waals surface area contributed by atoms with Gasteiger partial charge in [-0.15, -0.1) is 0 Å². The molecule has 2 heteroatoms. The van der Waals surface area contributed by atoms with E-state index in [4.69, 9.17) is 4.74 Å². The third-order valence-corrected chi connectivity index (χ3v) is 3.24. The summed E-state index contributed by atoms with van der Waals surface area (Å²) in [5.41, 5.74) is 2.84. The molecule has 0 atom stereocenters. The number of hydrogen-bond acceptors (Lipinski definition) is 2. The van der Waals surface area contributed by atoms with Crippen molar-refractivity contribution in [1.82, 2.24) is 0 Å². The van der Waals surface area contributed by atoms with Crippen LogP contribution >= 0.6 is 0 Å². The molecule has 22 heavy (non-hydrogen) atoms. The Morgan fingerprint density at radius 3 is 2.45 bits per heavy atom. The maximum absolute atomic E-state index is 11.5. The number of unbranched alkanes of at least 4 members (excludes halogenated alkanes) is 1. The zero-order valence-corrected chi connectivity index (χ0v) is 12.8. The first kappa shape index (κ1) is 15.9. The highest BCUT2D eigenvalue weighted by atomic mass is 16.5. The smallest absolute Gasteiger partial charge is 0.338 e. The molecule has 0 radical (unpaired) electrons. The number of aryl methyl sites for hydroxylation is 1. The summed E-state index contributed by atoms with van der Waals surface area (Å²) >= 11 is 0. The Labute approximate surface area is 132 Å². The van der Waals surface area contributed by atoms with Gasteiger partial charge in [-0.2, -0.15) is 0 Å². The fourth-order valence-corrected chi connectivity index (χ4v) is 2.09. The maximum atomic E-state index is 11.5. The first-order chi connectivity index (χ1) is 10.8. The number of ether oxygens (including phenoxy) is 1. The molecule has 0 aromatic heterocycles. The fourth-order valence-electron chi connectivity index (χ4n) is 2.09. The molecular formula is C20H20O2. The van der Waals surface area contributed by atoms with Crippen LogP contribution < -0.4 is 0 Å². The fraction of sp³-hybridized carbons (Fsp3) is 0.250. The Bertz CT molecular complexity index is 646. The molecule has 2 nitrogen and oxygen atoms in total. The van der Waals surface area contributed by atoms with Crippen molar-refractivity contribution in [3.8, 4) is 11.8 Å². The van der Waals surface area contributed by atoms with Gasteiger partial charge in [0.1, 0.15) is 0 Å². The van der Waals surface area contributed by atoms with Gasteiger partial charge in [-0.1, -0.05) is 42.2 Å². The average Bonchev–Trinajstić information content (AvgIpc) is 2.56. The highest BCUT2D eigenvalue weighted by Gasteiger charge is 2.04. The van der Waals surface area contributed by atoms with Gasteiger partial charge in [0.15, 0.2) is 0 Å². The molecule has 2 rings (SSSR count). The first-order valence-electron chi connectivity index (χ1n) is 7.59. The zero-order valence-electron chi connectivity index (χ0n) is 12.8. The molecule has 0 spiro atoms. The molecule has 0 fully saturated rings. The van der Waals surface area contributed by atoms with Crippen molar-refractivity contribution >= 4 is 5.97 Å². The molecule has 112 valence electrons. The van der Waals surface area contributed by atoms with Gasteiger partial charge >= 0.3 is 5.97 Å². The summed E-state index contributed by atoms with van der Waals surface area (Å²) in [6.07, 6.45) is 2.98. The lowest BCUT2D eigenvalue weighted by Gasteiger charge is -2.00. The topological polar surface area (TPSA) is 26.3 Å². The lowest BCUT2D eigenvalue weighted by Crippen LogP contribution is -2.04. The van der Waals surface area contributed by atoms with E-state index >= 15 is 0 Å². The van der Waals surface area contributed by atoms with Gasteiger partial charge in [0, 0.05) is 12.0 Å². The van der Waals surface area contributed by atoms with E-state index < -0.39 is 0 Å². The Morgan fingerprint density at radius 1 is 1.05 bits per heavy atom. The van der Waals surface area contributed by atoms with Gasteiger partial charge < -0.3 is 4.74 Å². The molecule has 0 aliphatic carbocycles. The molecular weight excluding hydrogens is 272 g/mol. The molecule has 0 N–H and O–H groups in total. The second kappa shape index (κ2) is 8.69. The van der Waals surface area contributed by atoms with E-state index in [-0.39, 0.29) is 5.97 Å². The van der Waals surface area contributed by atoms with E-state index in [2.05, 4.69) is 36.1 Å². The van der Waals surface area contributed by atoms with Crippen LogP contribution in [0.1, 0.15) is 41.3 Å². The molecule has 2 aromatic carbocycles. The average molecular weight is 292 g/mol. The molecule has 0 amide bonds. The normalized spacial score (nSPS) is 9.68. The van der Waals surface area contributed by atoms with Crippen LogP contribution in [0.4, 0.5) is 0 Å². The molecule has 0 aliphatic rings. The van der Waals surface area contributed by atoms with Crippen LogP contribution in [-0.2, 0) is 11.2 Å². The minimum absolute atomic E-state index is 0.287. The maximum Gasteiger partial charge on any atom is 0.338 e. The van der Waals surface area contributed by atoms with Crippen LogP contribution in [0.5, 0.6) is 0 Å². The standard InChI is InChI=1S/C20H20O2/c1-2-22-20(21)19-15-13-18(14-16-19)12-8-4-7-11-17-9-5-3-6-10-17/h3,5-6,9-10,13-16H,2,4,7,11H2,1H3. The molecule has 0 saturated carbocycles. The zero-order chi connectivity index (χ0) is 15.6. The molecule has 0 unspecified atom stereocenters. The van der Waals surface area contributed by atoms with Crippen molar-refractivity contribution in [2.24, 2.45) is 0 Å². The highest BCUT2D eigenvalue weighted by Crippen LogP contribution is 2.06. The van der Waals surface area contributed by atoms with Crippen molar-refractivity contribution in [1.29, 1.82) is 0 Å². The Hall–Kier alpha value is -2.53. The lowest BCUT2D eigenvalue weighted by atomic mass is 10.1. The second-order valence-electron chi connectivity index (χ2n) is 4.94. The van der Waals surface area contributed by atoms with Gasteiger partial charge in [0.05, 0.1) is 12.2 Å². The van der Waals surface area contributed by atoms with Gasteiger partial charge in [0.2, 0.25) is 0 Å². The van der Waals surface area contributed by atoms with E-state index in [0.29, 0.717) is 12.2 Å². The van der Waals surface area contributed by atoms with Crippen molar-refractivity contribution in [2.45, 2.75) is 26.2 Å². The highest BCUT2D eigenvalue weighted by molar-refractivity contribution is 5.89. The van der Waals surface area contributed by atoms with E-state index in [0.717, 1.165) is 24.8 Å². The summed E-state index contributed by atoms with van der Waals surface area (Å²) in [7, 11) is 0. The van der Waals surface area contributed by atoms with Crippen LogP contribution in [0.2, 0.25) is 0 Å². The largest absolute Gasteiger partial charge is 0.462 e. The molecule has 0 saturated heterocycles. The van der Waals surface area contributed by atoms with E-state index in [1.807, 2.05) is 18.2 Å². The summed E-state index contributed by atoms with van der Waals surface area (Å²) in [6.45, 7) is 2.19. The molecule has 0 bridgehead atoms. The number of hydrogen-bond donors (Lipinski definition) is 0. The van der Waals surface area contributed by atoms with Crippen molar-refractivity contribution in [3.63, 3.8) is 0 Å². The van der Waals surface area contributed by atoms with Gasteiger partial charge in [0.25, 0.3) is 0 Å². The third kappa shape index (κ3) is 5.10. The lowest BCUT2D eigenvalue weighted by molar-refractivity contribution is 0.0526. The Morgan fingerprint density at radius 2 is 1.77 bits per heavy atom. The monoisotopic (exact) mass is 292 g/mol. The third-order valence-electron chi connectivity index (χ3n) is 3.24. The predicted octanol–water partition coefficient (Wildman–Crippen LogP) is 4.24. The minimum Gasteiger partial charge on any atom is -0.462 e. The first-order valence-corrected chi connectivity index (χ1v) is 7.59. The van der Waals surface area contributed by atoms with Crippen LogP contribution in [0.25, 0.3) is 0 Å². The summed E-state index contributed by atoms with van der Waals surface area (Å²) in [5, 5.41) is 0. The summed E-state index contributed by atoms with van der Waals surface area (Å²) < 4.78 is 4.95. The SMILES string of the molecule is CCOC(=O)c1ccc(C#CCCCc2ccccc2)cc1. The summed E-state index contributed by atoms with van der Waals surface area (Å²) in [6, 6.07) is 17.7. The Kier molecular flexibility index (Phi) is 6.26. The second-order valence-corrected chi connectivity index (χ2v) is 4.94. The molecule has 0 aliphatic heterocycles. The van der Waals surface area contributed by atoms with Crippen molar-refractivity contribution in [2.75, 3.05) is 6.61 Å². The Balaban J connectivity index is 1.80. The van der Waals surface area contributed by atoms with E-state index in [1.54, 1.807) is 19.1 Å². The van der Waals surface area contributed by atoms with Crippen LogP contribution in [0, 0.1) is 11.8 Å².